The highest BCUT2D eigenvalue weighted by atomic mass is 32.2. The number of rotatable bonds is 1. The van der Waals surface area contributed by atoms with Crippen LogP contribution in [0.15, 0.2) is 29.2 Å². The van der Waals surface area contributed by atoms with E-state index in [2.05, 4.69) is 4.98 Å². The molecule has 0 aliphatic heterocycles. The van der Waals surface area contributed by atoms with Crippen LogP contribution in [0.4, 0.5) is 0 Å². The van der Waals surface area contributed by atoms with Gasteiger partial charge >= 0.3 is 0 Å². The summed E-state index contributed by atoms with van der Waals surface area (Å²) < 4.78 is 26.9. The molecule has 0 saturated heterocycles. The van der Waals surface area contributed by atoms with Gasteiger partial charge in [-0.05, 0) is 13.0 Å². The van der Waals surface area contributed by atoms with Crippen molar-refractivity contribution in [1.82, 2.24) is 4.98 Å². The largest absolute Gasteiger partial charge is 0.329 e. The van der Waals surface area contributed by atoms with Gasteiger partial charge in [0.15, 0.2) is 0 Å². The lowest BCUT2D eigenvalue weighted by molar-refractivity contribution is 0.484. The SMILES string of the molecule is CCS(=O)(=O)O.O=c1cccc[nH]1. The Kier molecular flexibility index (Phi) is 5.01. The Labute approximate surface area is 76.2 Å². The maximum Gasteiger partial charge on any atom is 0.264 e. The number of hydrogen-bond acceptors (Lipinski definition) is 3. The number of aromatic amines is 1. The standard InChI is InChI=1S/C5H5NO.C2H6O3S/c7-5-3-1-2-4-6-5;1-2-6(3,4)5/h1-4H,(H,6,7);2H2,1H3,(H,3,4,5). The molecule has 1 rings (SSSR count). The fraction of sp³-hybridized carbons (Fsp3) is 0.286. The maximum atomic E-state index is 10.2. The Hall–Kier alpha value is -1.14. The zero-order valence-electron chi connectivity index (χ0n) is 7.10. The lowest BCUT2D eigenvalue weighted by Gasteiger charge is -1.79. The van der Waals surface area contributed by atoms with E-state index in [0.29, 0.717) is 0 Å². The molecule has 0 saturated carbocycles. The molecule has 0 spiro atoms. The van der Waals surface area contributed by atoms with Gasteiger partial charge in [0.05, 0.1) is 5.75 Å². The summed E-state index contributed by atoms with van der Waals surface area (Å²) >= 11 is 0. The van der Waals surface area contributed by atoms with Crippen LogP contribution in [0, 0.1) is 0 Å². The molecule has 0 bridgehead atoms. The summed E-state index contributed by atoms with van der Waals surface area (Å²) in [5, 5.41) is 0. The second-order valence-electron chi connectivity index (χ2n) is 2.10. The summed E-state index contributed by atoms with van der Waals surface area (Å²) in [6, 6.07) is 4.93. The third-order valence-corrected chi connectivity index (χ3v) is 1.77. The van der Waals surface area contributed by atoms with Crippen LogP contribution in [0.5, 0.6) is 0 Å². The summed E-state index contributed by atoms with van der Waals surface area (Å²) in [7, 11) is -3.66. The second kappa shape index (κ2) is 5.50. The van der Waals surface area contributed by atoms with Crippen LogP contribution >= 0.6 is 0 Å². The zero-order chi connectivity index (χ0) is 10.3. The molecule has 1 aromatic heterocycles. The molecule has 0 aromatic carbocycles. The number of hydrogen-bond donors (Lipinski definition) is 2. The van der Waals surface area contributed by atoms with Gasteiger partial charge in [-0.25, -0.2) is 0 Å². The van der Waals surface area contributed by atoms with Crippen molar-refractivity contribution in [3.8, 4) is 0 Å². The van der Waals surface area contributed by atoms with Gasteiger partial charge in [0.25, 0.3) is 10.1 Å². The summed E-state index contributed by atoms with van der Waals surface area (Å²) in [5.74, 6) is -0.201. The fourth-order valence-corrected chi connectivity index (χ4v) is 0.377. The minimum atomic E-state index is -3.66. The molecule has 0 amide bonds. The van der Waals surface area contributed by atoms with E-state index < -0.39 is 10.1 Å². The van der Waals surface area contributed by atoms with Crippen LogP contribution < -0.4 is 5.56 Å². The Balaban J connectivity index is 0.000000226. The minimum Gasteiger partial charge on any atom is -0.329 e. The van der Waals surface area contributed by atoms with Crippen LogP contribution in [-0.2, 0) is 10.1 Å². The highest BCUT2D eigenvalue weighted by Crippen LogP contribution is 1.74. The van der Waals surface area contributed by atoms with Crippen LogP contribution in [0.2, 0.25) is 0 Å². The molecule has 13 heavy (non-hydrogen) atoms. The predicted octanol–water partition coefficient (Wildman–Crippen LogP) is 0.269. The van der Waals surface area contributed by atoms with Gasteiger partial charge in [0.2, 0.25) is 5.56 Å². The van der Waals surface area contributed by atoms with E-state index in [0.717, 1.165) is 0 Å². The summed E-state index contributed by atoms with van der Waals surface area (Å²) in [6.07, 6.45) is 1.60. The summed E-state index contributed by atoms with van der Waals surface area (Å²) in [5.41, 5.74) is -0.0532. The van der Waals surface area contributed by atoms with Crippen LogP contribution in [0.25, 0.3) is 0 Å². The van der Waals surface area contributed by atoms with E-state index in [4.69, 9.17) is 4.55 Å². The van der Waals surface area contributed by atoms with Crippen molar-refractivity contribution in [3.63, 3.8) is 0 Å². The third-order valence-electron chi connectivity index (χ3n) is 1.05. The highest BCUT2D eigenvalue weighted by molar-refractivity contribution is 7.85. The molecule has 74 valence electrons. The van der Waals surface area contributed by atoms with Gasteiger partial charge < -0.3 is 4.98 Å². The van der Waals surface area contributed by atoms with Crippen LogP contribution in [0.1, 0.15) is 6.92 Å². The monoisotopic (exact) mass is 205 g/mol. The van der Waals surface area contributed by atoms with Crippen molar-refractivity contribution in [2.24, 2.45) is 0 Å². The summed E-state index contributed by atoms with van der Waals surface area (Å²) in [4.78, 5) is 12.7. The molecule has 0 fully saturated rings. The molecular formula is C7H11NO4S. The average Bonchev–Trinajstić information content (AvgIpc) is 2.06. The van der Waals surface area contributed by atoms with Crippen LogP contribution in [0.3, 0.4) is 0 Å². The van der Waals surface area contributed by atoms with Crippen molar-refractivity contribution in [2.45, 2.75) is 6.92 Å². The number of H-pyrrole nitrogens is 1. The minimum absolute atomic E-state index is 0.0532. The van der Waals surface area contributed by atoms with Gasteiger partial charge in [-0.3, -0.25) is 9.35 Å². The first-order chi connectivity index (χ1) is 5.95. The lowest BCUT2D eigenvalue weighted by Crippen LogP contribution is -1.98. The number of nitrogens with one attached hydrogen (secondary N) is 1. The lowest BCUT2D eigenvalue weighted by atomic mass is 10.5. The Morgan fingerprint density at radius 1 is 1.46 bits per heavy atom. The molecule has 0 unspecified atom stereocenters. The van der Waals surface area contributed by atoms with Gasteiger partial charge in [0, 0.05) is 12.3 Å². The molecule has 0 atom stereocenters. The Bertz CT molecular complexity index is 364. The quantitative estimate of drug-likeness (QED) is 0.644. The van der Waals surface area contributed by atoms with Gasteiger partial charge in [-0.2, -0.15) is 8.42 Å². The molecule has 5 nitrogen and oxygen atoms in total. The normalized spacial score (nSPS) is 10.0. The molecule has 0 aliphatic rings. The molecule has 2 N–H and O–H groups in total. The van der Waals surface area contributed by atoms with E-state index in [1.54, 1.807) is 18.3 Å². The van der Waals surface area contributed by atoms with Gasteiger partial charge in [-0.1, -0.05) is 6.07 Å². The van der Waals surface area contributed by atoms with E-state index in [1.165, 1.54) is 13.0 Å². The zero-order valence-corrected chi connectivity index (χ0v) is 7.91. The van der Waals surface area contributed by atoms with Gasteiger partial charge in [-0.15, -0.1) is 0 Å². The van der Waals surface area contributed by atoms with E-state index in [-0.39, 0.29) is 11.3 Å². The summed E-state index contributed by atoms with van der Waals surface area (Å²) in [6.45, 7) is 1.37. The smallest absolute Gasteiger partial charge is 0.264 e. The first-order valence-electron chi connectivity index (χ1n) is 3.54. The topological polar surface area (TPSA) is 87.2 Å². The molecule has 1 heterocycles. The molecule has 1 aromatic rings. The second-order valence-corrected chi connectivity index (χ2v) is 3.84. The van der Waals surface area contributed by atoms with Crippen molar-refractivity contribution < 1.29 is 13.0 Å². The van der Waals surface area contributed by atoms with Crippen molar-refractivity contribution in [3.05, 3.63) is 34.7 Å². The van der Waals surface area contributed by atoms with E-state index >= 15 is 0 Å². The van der Waals surface area contributed by atoms with Crippen molar-refractivity contribution in [2.75, 3.05) is 5.75 Å². The van der Waals surface area contributed by atoms with Crippen molar-refractivity contribution >= 4 is 10.1 Å². The maximum absolute atomic E-state index is 10.2. The van der Waals surface area contributed by atoms with E-state index in [1.807, 2.05) is 0 Å². The van der Waals surface area contributed by atoms with Crippen molar-refractivity contribution in [1.29, 1.82) is 0 Å². The fourth-order valence-electron chi connectivity index (χ4n) is 0.377. The Morgan fingerprint density at radius 3 is 2.15 bits per heavy atom. The molecule has 0 aliphatic carbocycles. The Morgan fingerprint density at radius 2 is 2.00 bits per heavy atom. The van der Waals surface area contributed by atoms with Gasteiger partial charge in [0.1, 0.15) is 0 Å². The highest BCUT2D eigenvalue weighted by Gasteiger charge is 1.93. The van der Waals surface area contributed by atoms with E-state index in [9.17, 15) is 13.2 Å². The predicted molar refractivity (Wildman–Crippen MR) is 49.2 cm³/mol. The number of aromatic nitrogens is 1. The van der Waals surface area contributed by atoms with Crippen LogP contribution in [-0.4, -0.2) is 23.7 Å². The first-order valence-corrected chi connectivity index (χ1v) is 5.15. The molecular weight excluding hydrogens is 194 g/mol. The average molecular weight is 205 g/mol. The molecule has 0 radical (unpaired) electrons. The third kappa shape index (κ3) is 8.77. The first kappa shape index (κ1) is 11.9. The molecule has 6 heteroatoms. The number of pyridine rings is 1.